The van der Waals surface area contributed by atoms with Crippen molar-refractivity contribution < 1.29 is 13.9 Å². The Labute approximate surface area is 93.3 Å². The topological polar surface area (TPSA) is 58.3 Å². The van der Waals surface area contributed by atoms with Crippen LogP contribution in [-0.4, -0.2) is 17.8 Å². The molecule has 16 heavy (non-hydrogen) atoms. The molecule has 0 bridgehead atoms. The van der Waals surface area contributed by atoms with Crippen molar-refractivity contribution in [2.45, 2.75) is 19.9 Å². The molecular formula is C11H16F2N2O. The van der Waals surface area contributed by atoms with E-state index in [1.54, 1.807) is 0 Å². The zero-order valence-electron chi connectivity index (χ0n) is 9.30. The van der Waals surface area contributed by atoms with E-state index in [1.807, 2.05) is 13.8 Å². The van der Waals surface area contributed by atoms with Gasteiger partial charge in [0, 0.05) is 18.7 Å². The first kappa shape index (κ1) is 12.7. The Morgan fingerprint density at radius 3 is 2.56 bits per heavy atom. The maximum atomic E-state index is 13.1. The normalized spacial score (nSPS) is 14.6. The summed E-state index contributed by atoms with van der Waals surface area (Å²) in [6, 6.07) is 1.74. The van der Waals surface area contributed by atoms with Crippen LogP contribution in [0.15, 0.2) is 12.1 Å². The summed E-state index contributed by atoms with van der Waals surface area (Å²) in [7, 11) is 0. The molecule has 5 heteroatoms. The van der Waals surface area contributed by atoms with Gasteiger partial charge in [0.15, 0.2) is 5.82 Å². The number of nitrogen functional groups attached to an aromatic ring is 1. The van der Waals surface area contributed by atoms with Crippen LogP contribution in [0.25, 0.3) is 0 Å². The second kappa shape index (κ2) is 5.12. The van der Waals surface area contributed by atoms with Gasteiger partial charge in [0.2, 0.25) is 0 Å². The smallest absolute Gasteiger partial charge is 0.151 e. The first-order valence-corrected chi connectivity index (χ1v) is 5.07. The van der Waals surface area contributed by atoms with Crippen LogP contribution in [0, 0.1) is 17.6 Å². The molecule has 0 aliphatic carbocycles. The quantitative estimate of drug-likeness (QED) is 0.693. The number of halogens is 2. The minimum absolute atomic E-state index is 0.00807. The highest BCUT2D eigenvalue weighted by Gasteiger charge is 2.14. The van der Waals surface area contributed by atoms with E-state index in [0.29, 0.717) is 0 Å². The van der Waals surface area contributed by atoms with Gasteiger partial charge in [-0.3, -0.25) is 0 Å². The zero-order valence-corrected chi connectivity index (χ0v) is 9.30. The van der Waals surface area contributed by atoms with Crippen molar-refractivity contribution in [3.05, 3.63) is 23.8 Å². The van der Waals surface area contributed by atoms with Crippen molar-refractivity contribution in [2.24, 2.45) is 5.92 Å². The monoisotopic (exact) mass is 230 g/mol. The van der Waals surface area contributed by atoms with Crippen LogP contribution in [-0.2, 0) is 0 Å². The van der Waals surface area contributed by atoms with Crippen LogP contribution in [0.3, 0.4) is 0 Å². The predicted octanol–water partition coefficient (Wildman–Crippen LogP) is 1.98. The van der Waals surface area contributed by atoms with Crippen molar-refractivity contribution in [1.29, 1.82) is 0 Å². The van der Waals surface area contributed by atoms with Crippen molar-refractivity contribution >= 4 is 11.4 Å². The molecular weight excluding hydrogens is 214 g/mol. The average molecular weight is 230 g/mol. The van der Waals surface area contributed by atoms with E-state index in [0.717, 1.165) is 12.1 Å². The Morgan fingerprint density at radius 2 is 2.00 bits per heavy atom. The first-order chi connectivity index (χ1) is 7.45. The van der Waals surface area contributed by atoms with Gasteiger partial charge in [0.25, 0.3) is 0 Å². The lowest BCUT2D eigenvalue weighted by molar-refractivity contribution is 0.226. The van der Waals surface area contributed by atoms with E-state index in [-0.39, 0.29) is 29.9 Å². The summed E-state index contributed by atoms with van der Waals surface area (Å²) in [5, 5.41) is 11.8. The fraction of sp³-hybridized carbons (Fsp3) is 0.455. The molecule has 0 amide bonds. The Hall–Kier alpha value is -1.36. The summed E-state index contributed by atoms with van der Waals surface area (Å²) in [5.41, 5.74) is 5.58. The molecule has 0 fully saturated rings. The highest BCUT2D eigenvalue weighted by molar-refractivity contribution is 5.67. The Kier molecular flexibility index (Phi) is 4.06. The van der Waals surface area contributed by atoms with E-state index in [4.69, 9.17) is 10.8 Å². The molecule has 0 spiro atoms. The number of aliphatic hydroxyl groups is 1. The van der Waals surface area contributed by atoms with Gasteiger partial charge in [-0.1, -0.05) is 6.92 Å². The zero-order chi connectivity index (χ0) is 12.3. The number of benzene rings is 1. The van der Waals surface area contributed by atoms with Gasteiger partial charge in [0.1, 0.15) is 5.82 Å². The van der Waals surface area contributed by atoms with Gasteiger partial charge in [0.05, 0.1) is 11.4 Å². The molecule has 3 nitrogen and oxygen atoms in total. The van der Waals surface area contributed by atoms with Crippen molar-refractivity contribution in [3.63, 3.8) is 0 Å². The molecule has 2 atom stereocenters. The summed E-state index contributed by atoms with van der Waals surface area (Å²) in [6.45, 7) is 3.62. The molecule has 2 unspecified atom stereocenters. The second-order valence-corrected chi connectivity index (χ2v) is 3.94. The lowest BCUT2D eigenvalue weighted by Gasteiger charge is -2.21. The van der Waals surface area contributed by atoms with E-state index in [2.05, 4.69) is 5.32 Å². The van der Waals surface area contributed by atoms with E-state index in [9.17, 15) is 8.78 Å². The molecule has 0 saturated carbocycles. The van der Waals surface area contributed by atoms with Gasteiger partial charge >= 0.3 is 0 Å². The predicted molar refractivity (Wildman–Crippen MR) is 60.1 cm³/mol. The molecule has 1 aromatic rings. The van der Waals surface area contributed by atoms with Crippen LogP contribution >= 0.6 is 0 Å². The number of anilines is 2. The third kappa shape index (κ3) is 2.82. The van der Waals surface area contributed by atoms with E-state index in [1.165, 1.54) is 0 Å². The molecule has 4 N–H and O–H groups in total. The highest BCUT2D eigenvalue weighted by Crippen LogP contribution is 2.25. The first-order valence-electron chi connectivity index (χ1n) is 5.07. The Balaban J connectivity index is 2.88. The number of nitrogens with one attached hydrogen (secondary N) is 1. The fourth-order valence-corrected chi connectivity index (χ4v) is 1.25. The average Bonchev–Trinajstić information content (AvgIpc) is 2.23. The van der Waals surface area contributed by atoms with Crippen molar-refractivity contribution in [3.8, 4) is 0 Å². The van der Waals surface area contributed by atoms with Gasteiger partial charge in [-0.15, -0.1) is 0 Å². The SMILES string of the molecule is CC(CO)C(C)Nc1cc(F)cc(F)c1N. The summed E-state index contributed by atoms with van der Waals surface area (Å²) < 4.78 is 26.1. The van der Waals surface area contributed by atoms with Gasteiger partial charge < -0.3 is 16.2 Å². The number of rotatable bonds is 4. The lowest BCUT2D eigenvalue weighted by atomic mass is 10.0. The second-order valence-electron chi connectivity index (χ2n) is 3.94. The van der Waals surface area contributed by atoms with Gasteiger partial charge in [-0.2, -0.15) is 0 Å². The molecule has 0 heterocycles. The van der Waals surface area contributed by atoms with Crippen molar-refractivity contribution in [1.82, 2.24) is 0 Å². The molecule has 1 aromatic carbocycles. The van der Waals surface area contributed by atoms with Crippen LogP contribution in [0.5, 0.6) is 0 Å². The molecule has 0 aliphatic rings. The highest BCUT2D eigenvalue weighted by atomic mass is 19.1. The molecule has 0 aromatic heterocycles. The maximum absolute atomic E-state index is 13.1. The van der Waals surface area contributed by atoms with Crippen LogP contribution in [0.1, 0.15) is 13.8 Å². The molecule has 0 aliphatic heterocycles. The largest absolute Gasteiger partial charge is 0.396 e. The van der Waals surface area contributed by atoms with Crippen molar-refractivity contribution in [2.75, 3.05) is 17.7 Å². The molecule has 90 valence electrons. The number of aliphatic hydroxyl groups excluding tert-OH is 1. The minimum atomic E-state index is -0.786. The lowest BCUT2D eigenvalue weighted by Crippen LogP contribution is -2.26. The van der Waals surface area contributed by atoms with E-state index < -0.39 is 11.6 Å². The standard InChI is InChI=1S/C11H16F2N2O/c1-6(5-16)7(2)15-10-4-8(12)3-9(13)11(10)14/h3-4,6-7,15-16H,5,14H2,1-2H3. The van der Waals surface area contributed by atoms with Crippen LogP contribution < -0.4 is 11.1 Å². The minimum Gasteiger partial charge on any atom is -0.396 e. The Morgan fingerprint density at radius 1 is 1.38 bits per heavy atom. The number of nitrogens with two attached hydrogens (primary N) is 1. The summed E-state index contributed by atoms with van der Waals surface area (Å²) >= 11 is 0. The number of hydrogen-bond donors (Lipinski definition) is 3. The Bertz CT molecular complexity index is 371. The molecule has 1 rings (SSSR count). The maximum Gasteiger partial charge on any atom is 0.151 e. The fourth-order valence-electron chi connectivity index (χ4n) is 1.25. The van der Waals surface area contributed by atoms with Crippen LogP contribution in [0.4, 0.5) is 20.2 Å². The summed E-state index contributed by atoms with van der Waals surface area (Å²) in [5.74, 6) is -1.50. The molecule has 0 saturated heterocycles. The third-order valence-electron chi connectivity index (χ3n) is 2.62. The van der Waals surface area contributed by atoms with E-state index >= 15 is 0 Å². The summed E-state index contributed by atoms with van der Waals surface area (Å²) in [4.78, 5) is 0. The number of hydrogen-bond acceptors (Lipinski definition) is 3. The third-order valence-corrected chi connectivity index (χ3v) is 2.62. The van der Waals surface area contributed by atoms with Gasteiger partial charge in [-0.25, -0.2) is 8.78 Å². The van der Waals surface area contributed by atoms with Crippen LogP contribution in [0.2, 0.25) is 0 Å². The van der Waals surface area contributed by atoms with Gasteiger partial charge in [-0.05, 0) is 18.9 Å². The summed E-state index contributed by atoms with van der Waals surface area (Å²) in [6.07, 6.45) is 0. The molecule has 0 radical (unpaired) electrons.